The summed E-state index contributed by atoms with van der Waals surface area (Å²) in [5.41, 5.74) is 0. The van der Waals surface area contributed by atoms with Crippen molar-refractivity contribution in [2.24, 2.45) is 0 Å². The Labute approximate surface area is 79.7 Å². The van der Waals surface area contributed by atoms with Crippen LogP contribution in [0.3, 0.4) is 0 Å². The molecule has 0 aromatic carbocycles. The second kappa shape index (κ2) is 7.48. The van der Waals surface area contributed by atoms with Gasteiger partial charge in [-0.05, 0) is 0 Å². The van der Waals surface area contributed by atoms with Crippen LogP contribution in [-0.2, 0) is 0 Å². The van der Waals surface area contributed by atoms with Gasteiger partial charge in [-0.15, -0.1) is 0 Å². The molecule has 0 spiro atoms. The molecule has 0 N–H and O–H groups in total. The Balaban J connectivity index is 3.01. The second-order valence-electron chi connectivity index (χ2n) is 3.79. The van der Waals surface area contributed by atoms with Crippen molar-refractivity contribution in [2.45, 2.75) is 33.3 Å². The van der Waals surface area contributed by atoms with Gasteiger partial charge in [-0.2, -0.15) is 0 Å². The van der Waals surface area contributed by atoms with Crippen molar-refractivity contribution in [1.29, 1.82) is 0 Å². The van der Waals surface area contributed by atoms with Gasteiger partial charge in [-0.1, -0.05) is 0 Å². The van der Waals surface area contributed by atoms with Gasteiger partial charge in [0.05, 0.1) is 0 Å². The normalized spacial score (nSPS) is 10.6. The van der Waals surface area contributed by atoms with Crippen LogP contribution in [0.15, 0.2) is 0 Å². The van der Waals surface area contributed by atoms with Crippen LogP contribution < -0.4 is 0 Å². The van der Waals surface area contributed by atoms with Gasteiger partial charge in [-0.25, -0.2) is 0 Å². The Kier molecular flexibility index (Phi) is 8.04. The molecule has 0 atom stereocenters. The molecule has 1 nitrogen and oxygen atoms in total. The zero-order chi connectivity index (χ0) is 8.69. The van der Waals surface area contributed by atoms with E-state index in [0.29, 0.717) is 0 Å². The average Bonchev–Trinajstić information content (AvgIpc) is 1.97. The maximum absolute atomic E-state index is 2.51. The fourth-order valence-corrected chi connectivity index (χ4v) is 4.25. The van der Waals surface area contributed by atoms with E-state index in [1.165, 1.54) is 25.9 Å². The summed E-state index contributed by atoms with van der Waals surface area (Å²) in [6, 6.07) is 0. The van der Waals surface area contributed by atoms with E-state index in [1.807, 2.05) is 0 Å². The SMILES string of the molecule is CCN(C)CCC[CH2][In]([CH3])[CH3]. The summed E-state index contributed by atoms with van der Waals surface area (Å²) in [6.45, 7) is 4.72. The van der Waals surface area contributed by atoms with E-state index in [1.54, 1.807) is 4.18 Å². The topological polar surface area (TPSA) is 3.24 Å². The van der Waals surface area contributed by atoms with E-state index in [9.17, 15) is 0 Å². The van der Waals surface area contributed by atoms with Crippen LogP contribution in [0.4, 0.5) is 0 Å². The molecule has 11 heavy (non-hydrogen) atoms. The molecule has 0 aliphatic heterocycles. The molecule has 0 radical (unpaired) electrons. The van der Waals surface area contributed by atoms with Gasteiger partial charge < -0.3 is 0 Å². The second-order valence-corrected chi connectivity index (χ2v) is 13.4. The van der Waals surface area contributed by atoms with Crippen molar-refractivity contribution in [3.63, 3.8) is 0 Å². The number of nitrogens with zero attached hydrogens (tertiary/aromatic N) is 1. The van der Waals surface area contributed by atoms with E-state index in [4.69, 9.17) is 0 Å². The fraction of sp³-hybridized carbons (Fsp3) is 1.00. The molecule has 66 valence electrons. The predicted octanol–water partition coefficient (Wildman–Crippen LogP) is 2.47. The summed E-state index contributed by atoms with van der Waals surface area (Å²) in [7, 11) is 2.21. The first-order valence-electron chi connectivity index (χ1n) is 4.85. The summed E-state index contributed by atoms with van der Waals surface area (Å²) >= 11 is -0.843. The van der Waals surface area contributed by atoms with Crippen LogP contribution in [-0.4, -0.2) is 46.5 Å². The molecule has 2 heteroatoms. The standard InChI is InChI=1S/C7H16N.2CH3.In/c1-4-6-7-8(3)5-2;;;/h1,4-7H2,2-3H3;2*1H3;. The van der Waals surface area contributed by atoms with Crippen LogP contribution in [0.5, 0.6) is 0 Å². The van der Waals surface area contributed by atoms with Crippen LogP contribution in [0.2, 0.25) is 13.5 Å². The minimum absolute atomic E-state index is 0.843. The summed E-state index contributed by atoms with van der Waals surface area (Å²) in [5.74, 6) is 0. The van der Waals surface area contributed by atoms with Crippen molar-refractivity contribution in [2.75, 3.05) is 20.1 Å². The van der Waals surface area contributed by atoms with E-state index in [0.717, 1.165) is 0 Å². The summed E-state index contributed by atoms with van der Waals surface area (Å²) in [5, 5.41) is 0. The Hall–Kier alpha value is 0.830. The number of unbranched alkanes of at least 4 members (excludes halogenated alkanes) is 1. The maximum atomic E-state index is 2.51. The van der Waals surface area contributed by atoms with Crippen LogP contribution in [0.1, 0.15) is 19.8 Å². The minimum atomic E-state index is -0.843. The third-order valence-corrected chi connectivity index (χ3v) is 6.57. The molecule has 0 rings (SSSR count). The quantitative estimate of drug-likeness (QED) is 0.662. The van der Waals surface area contributed by atoms with Gasteiger partial charge in [-0.3, -0.25) is 0 Å². The summed E-state index contributed by atoms with van der Waals surface area (Å²) < 4.78 is 6.61. The molecule has 0 saturated carbocycles. The first-order chi connectivity index (χ1) is 5.16. The molecule has 0 heterocycles. The summed E-state index contributed by atoms with van der Waals surface area (Å²) in [6.07, 6.45) is 2.90. The predicted molar refractivity (Wildman–Crippen MR) is 54.7 cm³/mol. The summed E-state index contributed by atoms with van der Waals surface area (Å²) in [4.78, 5) is 2.40. The third kappa shape index (κ3) is 8.74. The van der Waals surface area contributed by atoms with Gasteiger partial charge in [0.25, 0.3) is 0 Å². The molecule has 0 fully saturated rings. The van der Waals surface area contributed by atoms with Crippen molar-refractivity contribution >= 4 is 21.4 Å². The average molecular weight is 259 g/mol. The molecular formula is C9H22InN. The first kappa shape index (κ1) is 11.8. The molecule has 0 bridgehead atoms. The van der Waals surface area contributed by atoms with E-state index >= 15 is 0 Å². The van der Waals surface area contributed by atoms with Gasteiger partial charge in [0.15, 0.2) is 0 Å². The van der Waals surface area contributed by atoms with Crippen molar-refractivity contribution in [3.8, 4) is 0 Å². The Bertz CT molecular complexity index is 83.6. The first-order valence-corrected chi connectivity index (χ1v) is 13.8. The molecule has 0 amide bonds. The van der Waals surface area contributed by atoms with Crippen LogP contribution in [0, 0.1) is 0 Å². The molecule has 0 aromatic rings. The molecular weight excluding hydrogens is 237 g/mol. The Morgan fingerprint density at radius 1 is 1.18 bits per heavy atom. The fourth-order valence-electron chi connectivity index (χ4n) is 1.09. The van der Waals surface area contributed by atoms with E-state index < -0.39 is 21.4 Å². The van der Waals surface area contributed by atoms with Crippen molar-refractivity contribution in [1.82, 2.24) is 4.90 Å². The third-order valence-electron chi connectivity index (χ3n) is 2.11. The van der Waals surface area contributed by atoms with Gasteiger partial charge in [0, 0.05) is 0 Å². The Morgan fingerprint density at radius 3 is 2.27 bits per heavy atom. The zero-order valence-electron chi connectivity index (χ0n) is 8.56. The van der Waals surface area contributed by atoms with Crippen LogP contribution in [0.25, 0.3) is 0 Å². The number of hydrogen-bond donors (Lipinski definition) is 0. The van der Waals surface area contributed by atoms with E-state index in [-0.39, 0.29) is 0 Å². The number of hydrogen-bond acceptors (Lipinski definition) is 1. The monoisotopic (exact) mass is 259 g/mol. The van der Waals surface area contributed by atoms with Gasteiger partial charge in [0.2, 0.25) is 0 Å². The Morgan fingerprint density at radius 2 is 1.82 bits per heavy atom. The van der Waals surface area contributed by atoms with Crippen molar-refractivity contribution in [3.05, 3.63) is 0 Å². The molecule has 0 unspecified atom stereocenters. The van der Waals surface area contributed by atoms with Crippen molar-refractivity contribution < 1.29 is 0 Å². The van der Waals surface area contributed by atoms with Crippen LogP contribution >= 0.6 is 0 Å². The molecule has 0 aliphatic rings. The zero-order valence-corrected chi connectivity index (χ0v) is 11.9. The molecule has 0 aromatic heterocycles. The number of rotatable bonds is 6. The molecule has 0 saturated heterocycles. The van der Waals surface area contributed by atoms with E-state index in [2.05, 4.69) is 28.2 Å². The van der Waals surface area contributed by atoms with Gasteiger partial charge in [0.1, 0.15) is 0 Å². The molecule has 0 aliphatic carbocycles. The van der Waals surface area contributed by atoms with Gasteiger partial charge >= 0.3 is 79.8 Å².